The van der Waals surface area contributed by atoms with Crippen molar-refractivity contribution in [2.75, 3.05) is 0 Å². The molecule has 16 heavy (non-hydrogen) atoms. The Morgan fingerprint density at radius 2 is 2.00 bits per heavy atom. The molecular weight excluding hydrogens is 221 g/mol. The number of Topliss-reactive ketones (excluding diaryl/α,β-unsaturated/α-hetero) is 1. The first-order valence-corrected chi connectivity index (χ1v) is 5.08. The molecule has 2 nitrogen and oxygen atoms in total. The van der Waals surface area contributed by atoms with Crippen molar-refractivity contribution in [1.29, 1.82) is 0 Å². The largest absolute Gasteiger partial charge is 0.421 e. The van der Waals surface area contributed by atoms with Crippen LogP contribution in [0, 0.1) is 5.41 Å². The number of alkyl halides is 3. The zero-order valence-corrected chi connectivity index (χ0v) is 9.31. The third kappa shape index (κ3) is 1.27. The van der Waals surface area contributed by atoms with E-state index in [0.717, 1.165) is 0 Å². The molecule has 2 aliphatic heterocycles. The van der Waals surface area contributed by atoms with E-state index in [4.69, 9.17) is 4.74 Å². The molecule has 0 aromatic rings. The van der Waals surface area contributed by atoms with Crippen molar-refractivity contribution in [3.05, 3.63) is 11.6 Å². The second-order valence-corrected chi connectivity index (χ2v) is 5.14. The van der Waals surface area contributed by atoms with Crippen LogP contribution in [-0.2, 0) is 9.53 Å². The lowest BCUT2D eigenvalue weighted by Gasteiger charge is -2.43. The van der Waals surface area contributed by atoms with E-state index in [9.17, 15) is 18.0 Å². The molecule has 2 atom stereocenters. The van der Waals surface area contributed by atoms with Gasteiger partial charge in [0.05, 0.1) is 0 Å². The predicted octanol–water partition coefficient (Wildman–Crippen LogP) is 2.63. The highest BCUT2D eigenvalue weighted by Gasteiger charge is 2.67. The van der Waals surface area contributed by atoms with Gasteiger partial charge in [0.2, 0.25) is 0 Å². The van der Waals surface area contributed by atoms with Crippen molar-refractivity contribution >= 4 is 5.78 Å². The zero-order chi connectivity index (χ0) is 12.4. The van der Waals surface area contributed by atoms with E-state index in [1.807, 2.05) is 0 Å². The maximum absolute atomic E-state index is 13.1. The average molecular weight is 234 g/mol. The molecule has 0 aromatic heterocycles. The van der Waals surface area contributed by atoms with Crippen LogP contribution in [-0.4, -0.2) is 23.7 Å². The summed E-state index contributed by atoms with van der Waals surface area (Å²) in [6.45, 7) is 4.46. The van der Waals surface area contributed by atoms with E-state index in [2.05, 4.69) is 0 Å². The molecule has 2 unspecified atom stereocenters. The van der Waals surface area contributed by atoms with E-state index >= 15 is 0 Å². The Bertz CT molecular complexity index is 381. The van der Waals surface area contributed by atoms with Crippen LogP contribution in [0.4, 0.5) is 13.2 Å². The summed E-state index contributed by atoms with van der Waals surface area (Å²) >= 11 is 0. The second-order valence-electron chi connectivity index (χ2n) is 5.14. The molecule has 0 N–H and O–H groups in total. The monoisotopic (exact) mass is 234 g/mol. The van der Waals surface area contributed by atoms with Gasteiger partial charge in [-0.15, -0.1) is 0 Å². The molecule has 0 spiro atoms. The number of carbonyl (C=O) groups is 1. The molecule has 1 saturated heterocycles. The molecule has 0 amide bonds. The van der Waals surface area contributed by atoms with Crippen molar-refractivity contribution in [2.24, 2.45) is 5.41 Å². The molecule has 2 rings (SSSR count). The molecule has 5 heteroatoms. The molecule has 0 saturated carbocycles. The Labute approximate surface area is 91.5 Å². The van der Waals surface area contributed by atoms with Crippen LogP contribution >= 0.6 is 0 Å². The van der Waals surface area contributed by atoms with Crippen LogP contribution in [0.15, 0.2) is 11.6 Å². The quantitative estimate of drug-likeness (QED) is 0.602. The number of ketones is 1. The molecule has 1 fully saturated rings. The Balaban J connectivity index is 2.51. The van der Waals surface area contributed by atoms with Gasteiger partial charge < -0.3 is 4.74 Å². The minimum atomic E-state index is -4.47. The van der Waals surface area contributed by atoms with E-state index in [0.29, 0.717) is 0 Å². The maximum Gasteiger partial charge on any atom is 0.421 e. The topological polar surface area (TPSA) is 26.3 Å². The van der Waals surface area contributed by atoms with Gasteiger partial charge in [0.15, 0.2) is 11.4 Å². The fourth-order valence-corrected chi connectivity index (χ4v) is 2.50. The molecular formula is C11H13F3O2. The lowest BCUT2D eigenvalue weighted by atomic mass is 9.73. The standard InChI is InChI=1S/C11H13F3O2/c1-6-4-7-8(15)9(2,3)5-10(6,16-7)11(12,13)14/h4,7H,5H2,1-3H3. The van der Waals surface area contributed by atoms with Gasteiger partial charge in [0.1, 0.15) is 6.10 Å². The van der Waals surface area contributed by atoms with Gasteiger partial charge in [-0.2, -0.15) is 13.2 Å². The van der Waals surface area contributed by atoms with Crippen LogP contribution in [0.1, 0.15) is 27.2 Å². The first kappa shape index (κ1) is 11.6. The van der Waals surface area contributed by atoms with Crippen molar-refractivity contribution in [2.45, 2.75) is 45.1 Å². The number of ether oxygens (including phenoxy) is 1. The maximum atomic E-state index is 13.1. The van der Waals surface area contributed by atoms with E-state index in [1.165, 1.54) is 26.8 Å². The summed E-state index contributed by atoms with van der Waals surface area (Å²) < 4.78 is 44.1. The Kier molecular flexibility index (Phi) is 2.10. The number of fused-ring (bicyclic) bond motifs is 2. The van der Waals surface area contributed by atoms with Crippen LogP contribution < -0.4 is 0 Å². The van der Waals surface area contributed by atoms with Crippen LogP contribution in [0.5, 0.6) is 0 Å². The number of carbonyl (C=O) groups excluding carboxylic acids is 1. The minimum absolute atomic E-state index is 0.101. The molecule has 90 valence electrons. The van der Waals surface area contributed by atoms with Crippen molar-refractivity contribution in [1.82, 2.24) is 0 Å². The van der Waals surface area contributed by atoms with Crippen molar-refractivity contribution in [3.63, 3.8) is 0 Å². The summed E-state index contributed by atoms with van der Waals surface area (Å²) in [7, 11) is 0. The lowest BCUT2D eigenvalue weighted by Crippen LogP contribution is -2.56. The van der Waals surface area contributed by atoms with Crippen molar-refractivity contribution in [3.8, 4) is 0 Å². The molecule has 2 aliphatic rings. The minimum Gasteiger partial charge on any atom is -0.346 e. The zero-order valence-electron chi connectivity index (χ0n) is 9.31. The molecule has 2 heterocycles. The fourth-order valence-electron chi connectivity index (χ4n) is 2.50. The summed E-state index contributed by atoms with van der Waals surface area (Å²) in [5.41, 5.74) is -3.15. The van der Waals surface area contributed by atoms with Gasteiger partial charge in [-0.05, 0) is 18.6 Å². The van der Waals surface area contributed by atoms with Crippen LogP contribution in [0.25, 0.3) is 0 Å². The first-order valence-electron chi connectivity index (χ1n) is 5.08. The van der Waals surface area contributed by atoms with E-state index < -0.39 is 23.3 Å². The predicted molar refractivity (Wildman–Crippen MR) is 50.8 cm³/mol. The van der Waals surface area contributed by atoms with Gasteiger partial charge in [-0.25, -0.2) is 0 Å². The molecule has 2 bridgehead atoms. The summed E-state index contributed by atoms with van der Waals surface area (Å²) in [5.74, 6) is -0.274. The van der Waals surface area contributed by atoms with Crippen LogP contribution in [0.2, 0.25) is 0 Å². The van der Waals surface area contributed by atoms with E-state index in [1.54, 1.807) is 0 Å². The van der Waals surface area contributed by atoms with Gasteiger partial charge in [-0.1, -0.05) is 13.8 Å². The lowest BCUT2D eigenvalue weighted by molar-refractivity contribution is -0.278. The van der Waals surface area contributed by atoms with Gasteiger partial charge >= 0.3 is 6.18 Å². The Morgan fingerprint density at radius 3 is 2.50 bits per heavy atom. The average Bonchev–Trinajstić information content (AvgIpc) is 2.37. The van der Waals surface area contributed by atoms with E-state index in [-0.39, 0.29) is 17.8 Å². The number of hydrogen-bond acceptors (Lipinski definition) is 2. The SMILES string of the molecule is CC1=CC2OC1(C(F)(F)F)CC(C)(C)C2=O. The third-order valence-corrected chi connectivity index (χ3v) is 3.44. The highest BCUT2D eigenvalue weighted by Crippen LogP contribution is 2.54. The third-order valence-electron chi connectivity index (χ3n) is 3.44. The summed E-state index contributed by atoms with van der Waals surface area (Å²) in [5, 5.41) is 0. The molecule has 0 radical (unpaired) electrons. The number of hydrogen-bond donors (Lipinski definition) is 0. The second kappa shape index (κ2) is 2.88. The van der Waals surface area contributed by atoms with Crippen LogP contribution in [0.3, 0.4) is 0 Å². The number of rotatable bonds is 0. The smallest absolute Gasteiger partial charge is 0.346 e. The first-order chi connectivity index (χ1) is 7.10. The Morgan fingerprint density at radius 1 is 1.44 bits per heavy atom. The van der Waals surface area contributed by atoms with Crippen molar-refractivity contribution < 1.29 is 22.7 Å². The summed E-state index contributed by atoms with van der Waals surface area (Å²) in [4.78, 5) is 11.8. The van der Waals surface area contributed by atoms with Gasteiger partial charge in [0.25, 0.3) is 0 Å². The molecule has 0 aromatic carbocycles. The van der Waals surface area contributed by atoms with Gasteiger partial charge in [-0.3, -0.25) is 4.79 Å². The Hall–Kier alpha value is -0.840. The normalized spacial score (nSPS) is 37.5. The highest BCUT2D eigenvalue weighted by molar-refractivity contribution is 5.92. The molecule has 0 aliphatic carbocycles. The highest BCUT2D eigenvalue weighted by atomic mass is 19.4. The fraction of sp³-hybridized carbons (Fsp3) is 0.727. The summed E-state index contributed by atoms with van der Waals surface area (Å²) in [6, 6.07) is 0. The summed E-state index contributed by atoms with van der Waals surface area (Å²) in [6.07, 6.45) is -4.54. The number of halogens is 3. The van der Waals surface area contributed by atoms with Gasteiger partial charge in [0, 0.05) is 11.8 Å².